The minimum Gasteiger partial charge on any atom is -0.332 e. The molecule has 1 aliphatic heterocycles. The number of sulfone groups is 1. The van der Waals surface area contributed by atoms with Crippen molar-refractivity contribution >= 4 is 15.7 Å². The van der Waals surface area contributed by atoms with Crippen LogP contribution >= 0.6 is 0 Å². The summed E-state index contributed by atoms with van der Waals surface area (Å²) in [6, 6.07) is 9.70. The molecule has 0 N–H and O–H groups in total. The van der Waals surface area contributed by atoms with Gasteiger partial charge in [0.2, 0.25) is 5.91 Å². The number of carbonyl (C=O) groups excluding carboxylic acids is 1. The summed E-state index contributed by atoms with van der Waals surface area (Å²) in [6.45, 7) is 6.92. The van der Waals surface area contributed by atoms with Crippen molar-refractivity contribution in [2.75, 3.05) is 32.4 Å². The Labute approximate surface area is 139 Å². The van der Waals surface area contributed by atoms with Crippen molar-refractivity contribution in [1.82, 2.24) is 9.80 Å². The molecule has 1 amide bonds. The molecule has 2 rings (SSSR count). The minimum atomic E-state index is -3.47. The normalized spacial score (nSPS) is 20.5. The van der Waals surface area contributed by atoms with E-state index in [1.54, 1.807) is 25.7 Å². The van der Waals surface area contributed by atoms with Gasteiger partial charge in [-0.15, -0.1) is 0 Å². The van der Waals surface area contributed by atoms with E-state index in [9.17, 15) is 13.2 Å². The van der Waals surface area contributed by atoms with E-state index in [2.05, 4.69) is 4.90 Å². The van der Waals surface area contributed by atoms with E-state index < -0.39 is 20.3 Å². The van der Waals surface area contributed by atoms with Crippen molar-refractivity contribution in [3.63, 3.8) is 0 Å². The van der Waals surface area contributed by atoms with Crippen molar-refractivity contribution in [2.24, 2.45) is 0 Å². The summed E-state index contributed by atoms with van der Waals surface area (Å²) < 4.78 is 23.8. The average Bonchev–Trinajstić information content (AvgIpc) is 2.46. The van der Waals surface area contributed by atoms with Crippen LogP contribution in [0.15, 0.2) is 30.3 Å². The molecule has 0 aliphatic carbocycles. The maximum absolute atomic E-state index is 12.7. The lowest BCUT2D eigenvalue weighted by Crippen LogP contribution is -2.51. The molecule has 128 valence electrons. The Morgan fingerprint density at radius 3 is 2.35 bits per heavy atom. The third-order valence-electron chi connectivity index (χ3n) is 4.33. The third kappa shape index (κ3) is 4.12. The van der Waals surface area contributed by atoms with Crippen LogP contribution in [0.4, 0.5) is 0 Å². The van der Waals surface area contributed by atoms with Gasteiger partial charge in [0.15, 0.2) is 9.84 Å². The number of hydrogen-bond donors (Lipinski definition) is 0. The number of carbonyl (C=O) groups is 1. The van der Waals surface area contributed by atoms with Crippen LogP contribution in [0.3, 0.4) is 0 Å². The lowest BCUT2D eigenvalue weighted by molar-refractivity contribution is -0.133. The maximum atomic E-state index is 12.7. The Bertz CT molecular complexity index is 650. The SMILES string of the molecule is CN1CCN(C(=O)CS(=O)(=O)C(C)(C)C)C(c2ccccc2)C1. The number of nitrogens with zero attached hydrogens (tertiary/aromatic N) is 2. The van der Waals surface area contributed by atoms with Gasteiger partial charge in [0.25, 0.3) is 0 Å². The number of piperazine rings is 1. The predicted molar refractivity (Wildman–Crippen MR) is 91.9 cm³/mol. The molecule has 1 atom stereocenters. The summed E-state index contributed by atoms with van der Waals surface area (Å²) in [4.78, 5) is 16.6. The zero-order valence-corrected chi connectivity index (χ0v) is 15.1. The average molecular weight is 338 g/mol. The van der Waals surface area contributed by atoms with Gasteiger partial charge in [0.1, 0.15) is 5.75 Å². The lowest BCUT2D eigenvalue weighted by Gasteiger charge is -2.40. The molecule has 0 spiro atoms. The van der Waals surface area contributed by atoms with Crippen LogP contribution in [0.1, 0.15) is 32.4 Å². The van der Waals surface area contributed by atoms with Gasteiger partial charge in [-0.25, -0.2) is 8.42 Å². The molecule has 1 aromatic carbocycles. The van der Waals surface area contributed by atoms with Gasteiger partial charge in [0, 0.05) is 19.6 Å². The number of rotatable bonds is 3. The molecule has 6 heteroatoms. The second-order valence-corrected chi connectivity index (χ2v) is 9.89. The van der Waals surface area contributed by atoms with Gasteiger partial charge in [-0.1, -0.05) is 30.3 Å². The molecule has 0 radical (unpaired) electrons. The molecule has 0 bridgehead atoms. The fourth-order valence-electron chi connectivity index (χ4n) is 2.64. The topological polar surface area (TPSA) is 57.7 Å². The highest BCUT2D eigenvalue weighted by molar-refractivity contribution is 7.93. The number of hydrogen-bond acceptors (Lipinski definition) is 4. The van der Waals surface area contributed by atoms with Gasteiger partial charge >= 0.3 is 0 Å². The Balaban J connectivity index is 2.23. The van der Waals surface area contributed by atoms with Crippen LogP contribution in [0.5, 0.6) is 0 Å². The summed E-state index contributed by atoms with van der Waals surface area (Å²) in [5.74, 6) is -0.731. The zero-order valence-electron chi connectivity index (χ0n) is 14.3. The van der Waals surface area contributed by atoms with Gasteiger partial charge in [0.05, 0.1) is 10.8 Å². The first-order valence-corrected chi connectivity index (χ1v) is 9.52. The maximum Gasteiger partial charge on any atom is 0.238 e. The summed E-state index contributed by atoms with van der Waals surface area (Å²) in [5, 5.41) is 0. The van der Waals surface area contributed by atoms with Crippen LogP contribution in [-0.2, 0) is 14.6 Å². The first kappa shape index (κ1) is 17.9. The third-order valence-corrected chi connectivity index (χ3v) is 6.83. The smallest absolute Gasteiger partial charge is 0.238 e. The molecule has 1 aromatic rings. The Hall–Kier alpha value is -1.40. The Morgan fingerprint density at radius 1 is 1.17 bits per heavy atom. The summed E-state index contributed by atoms with van der Waals surface area (Å²) >= 11 is 0. The predicted octanol–water partition coefficient (Wildman–Crippen LogP) is 1.71. The second-order valence-electron chi connectivity index (χ2n) is 7.15. The van der Waals surface area contributed by atoms with Crippen molar-refractivity contribution < 1.29 is 13.2 Å². The van der Waals surface area contributed by atoms with E-state index >= 15 is 0 Å². The molecule has 0 saturated carbocycles. The summed E-state index contributed by atoms with van der Waals surface area (Å²) in [7, 11) is -1.45. The molecular weight excluding hydrogens is 312 g/mol. The Kier molecular flexibility index (Phi) is 5.16. The molecular formula is C17H26N2O3S. The monoisotopic (exact) mass is 338 g/mol. The lowest BCUT2D eigenvalue weighted by atomic mass is 10.0. The Morgan fingerprint density at radius 2 is 1.78 bits per heavy atom. The van der Waals surface area contributed by atoms with E-state index in [1.165, 1.54) is 0 Å². The quantitative estimate of drug-likeness (QED) is 0.842. The van der Waals surface area contributed by atoms with Crippen LogP contribution in [0, 0.1) is 0 Å². The fourth-order valence-corrected chi connectivity index (χ4v) is 3.56. The van der Waals surface area contributed by atoms with Crippen molar-refractivity contribution in [2.45, 2.75) is 31.6 Å². The second kappa shape index (κ2) is 6.61. The van der Waals surface area contributed by atoms with Crippen LogP contribution < -0.4 is 0 Å². The van der Waals surface area contributed by atoms with E-state index in [1.807, 2.05) is 37.4 Å². The zero-order chi connectivity index (χ0) is 17.3. The minimum absolute atomic E-state index is 0.0994. The number of amides is 1. The van der Waals surface area contributed by atoms with Crippen molar-refractivity contribution in [3.8, 4) is 0 Å². The van der Waals surface area contributed by atoms with E-state index in [4.69, 9.17) is 0 Å². The number of likely N-dealkylation sites (N-methyl/N-ethyl adjacent to an activating group) is 1. The highest BCUT2D eigenvalue weighted by atomic mass is 32.2. The van der Waals surface area contributed by atoms with Gasteiger partial charge in [-0.3, -0.25) is 4.79 Å². The molecule has 1 saturated heterocycles. The molecule has 23 heavy (non-hydrogen) atoms. The van der Waals surface area contributed by atoms with Crippen LogP contribution in [-0.4, -0.2) is 61.3 Å². The molecule has 1 fully saturated rings. The summed E-state index contributed by atoms with van der Waals surface area (Å²) in [6.07, 6.45) is 0. The van der Waals surface area contributed by atoms with Crippen LogP contribution in [0.25, 0.3) is 0 Å². The van der Waals surface area contributed by atoms with E-state index in [-0.39, 0.29) is 11.9 Å². The molecule has 1 heterocycles. The largest absolute Gasteiger partial charge is 0.332 e. The van der Waals surface area contributed by atoms with Gasteiger partial charge in [-0.05, 0) is 33.4 Å². The highest BCUT2D eigenvalue weighted by Gasteiger charge is 2.36. The summed E-state index contributed by atoms with van der Waals surface area (Å²) in [5.41, 5.74) is 1.04. The standard InChI is InChI=1S/C17H26N2O3S/c1-17(2,3)23(21,22)13-16(20)19-11-10-18(4)12-15(19)14-8-6-5-7-9-14/h5-9,15H,10-13H2,1-4H3. The van der Waals surface area contributed by atoms with Gasteiger partial charge < -0.3 is 9.80 Å². The first-order valence-electron chi connectivity index (χ1n) is 7.87. The fraction of sp³-hybridized carbons (Fsp3) is 0.588. The van der Waals surface area contributed by atoms with Crippen LogP contribution in [0.2, 0.25) is 0 Å². The number of benzene rings is 1. The molecule has 1 aliphatic rings. The van der Waals surface area contributed by atoms with E-state index in [0.717, 1.165) is 12.1 Å². The molecule has 1 unspecified atom stereocenters. The van der Waals surface area contributed by atoms with E-state index in [0.29, 0.717) is 13.1 Å². The van der Waals surface area contributed by atoms with Crippen molar-refractivity contribution in [3.05, 3.63) is 35.9 Å². The molecule has 0 aromatic heterocycles. The van der Waals surface area contributed by atoms with Gasteiger partial charge in [-0.2, -0.15) is 0 Å². The van der Waals surface area contributed by atoms with Crippen molar-refractivity contribution in [1.29, 1.82) is 0 Å². The highest BCUT2D eigenvalue weighted by Crippen LogP contribution is 2.26. The first-order chi connectivity index (χ1) is 10.6. The molecule has 5 nitrogen and oxygen atoms in total.